The molecule has 0 heterocycles. The second-order valence-electron chi connectivity index (χ2n) is 14.2. The molecule has 0 bridgehead atoms. The number of ether oxygens (including phenoxy) is 1. The zero-order chi connectivity index (χ0) is 37.5. The van der Waals surface area contributed by atoms with Crippen LogP contribution in [0.1, 0.15) is 128 Å². The largest absolute Gasteiger partial charge is 0.481 e. The Hall–Kier alpha value is -2.44. The lowest BCUT2D eigenvalue weighted by molar-refractivity contribution is -0.146. The van der Waals surface area contributed by atoms with Crippen molar-refractivity contribution in [1.82, 2.24) is 0 Å². The van der Waals surface area contributed by atoms with E-state index in [0.717, 1.165) is 55.9 Å². The number of hydrogen-bond donors (Lipinski definition) is 1. The molecule has 2 aromatic carbocycles. The number of carboxylic acid groups (broad SMARTS) is 1. The van der Waals surface area contributed by atoms with Crippen molar-refractivity contribution in [2.75, 3.05) is 12.9 Å². The van der Waals surface area contributed by atoms with Gasteiger partial charge in [0.2, 0.25) is 0 Å². The molecule has 1 fully saturated rings. The molecule has 2 aromatic rings. The molecule has 1 N–H and O–H groups in total. The molecule has 1 saturated carbocycles. The lowest BCUT2D eigenvalue weighted by Gasteiger charge is -2.18. The predicted molar refractivity (Wildman–Crippen MR) is 195 cm³/mol. The number of carboxylic acids is 1. The van der Waals surface area contributed by atoms with Gasteiger partial charge in [-0.1, -0.05) is 102 Å². The maximum Gasteiger partial charge on any atom is 0.389 e. The topological polar surface area (TPSA) is 115 Å². The van der Waals surface area contributed by atoms with Gasteiger partial charge >= 0.3 is 12.1 Å². The molecule has 0 amide bonds. The highest BCUT2D eigenvalue weighted by atomic mass is 32.2. The second-order valence-corrected chi connectivity index (χ2v) is 18.4. The lowest BCUT2D eigenvalue weighted by atomic mass is 9.99. The van der Waals surface area contributed by atoms with Crippen LogP contribution >= 0.6 is 0 Å². The summed E-state index contributed by atoms with van der Waals surface area (Å²) < 4.78 is 95.6. The number of benzene rings is 2. The number of carbonyl (C=O) groups is 1. The van der Waals surface area contributed by atoms with Crippen LogP contribution < -0.4 is 0 Å². The number of aryl methyl sites for hydroxylation is 1. The van der Waals surface area contributed by atoms with Crippen LogP contribution in [0.2, 0.25) is 0 Å². The van der Waals surface area contributed by atoms with E-state index in [2.05, 4.69) is 6.92 Å². The van der Waals surface area contributed by atoms with Crippen molar-refractivity contribution in [3.8, 4) is 11.1 Å². The van der Waals surface area contributed by atoms with Gasteiger partial charge in [-0.25, -0.2) is 16.8 Å². The van der Waals surface area contributed by atoms with Crippen molar-refractivity contribution in [2.24, 2.45) is 5.92 Å². The van der Waals surface area contributed by atoms with E-state index in [4.69, 9.17) is 4.74 Å². The summed E-state index contributed by atoms with van der Waals surface area (Å²) in [7, 11) is -7.32. The Bertz CT molecular complexity index is 1570. The number of sulfone groups is 2. The molecule has 288 valence electrons. The molecule has 1 aliphatic carbocycles. The van der Waals surface area contributed by atoms with E-state index in [1.807, 2.05) is 6.07 Å². The summed E-state index contributed by atoms with van der Waals surface area (Å²) in [6.07, 6.45) is 9.48. The summed E-state index contributed by atoms with van der Waals surface area (Å²) in [4.78, 5) is 12.6. The van der Waals surface area contributed by atoms with E-state index in [9.17, 15) is 39.9 Å². The van der Waals surface area contributed by atoms with Gasteiger partial charge in [0.15, 0.2) is 19.7 Å². The fraction of sp³-hybridized carbons (Fsp3) is 0.667. The summed E-state index contributed by atoms with van der Waals surface area (Å²) in [5.41, 5.74) is 2.07. The highest BCUT2D eigenvalue weighted by Crippen LogP contribution is 2.38. The third-order valence-corrected chi connectivity index (χ3v) is 13.3. The van der Waals surface area contributed by atoms with Crippen LogP contribution in [0.25, 0.3) is 11.1 Å². The average Bonchev–Trinajstić information content (AvgIpc) is 3.51. The van der Waals surface area contributed by atoms with Gasteiger partial charge in [-0.3, -0.25) is 4.79 Å². The molecule has 51 heavy (non-hydrogen) atoms. The van der Waals surface area contributed by atoms with E-state index in [1.165, 1.54) is 44.2 Å². The van der Waals surface area contributed by atoms with Gasteiger partial charge < -0.3 is 9.84 Å². The van der Waals surface area contributed by atoms with Gasteiger partial charge in [-0.2, -0.15) is 13.2 Å². The monoisotopic (exact) mass is 758 g/mol. The quantitative estimate of drug-likeness (QED) is 0.106. The molecule has 3 rings (SSSR count). The van der Waals surface area contributed by atoms with Gasteiger partial charge in [-0.05, 0) is 79.5 Å². The second kappa shape index (κ2) is 20.7. The Balaban J connectivity index is 1.70. The van der Waals surface area contributed by atoms with Crippen LogP contribution in [0.4, 0.5) is 13.2 Å². The third kappa shape index (κ3) is 14.5. The van der Waals surface area contributed by atoms with Gasteiger partial charge in [0, 0.05) is 19.3 Å². The van der Waals surface area contributed by atoms with E-state index in [-0.39, 0.29) is 29.1 Å². The van der Waals surface area contributed by atoms with Gasteiger partial charge in [-0.15, -0.1) is 0 Å². The third-order valence-electron chi connectivity index (χ3n) is 9.94. The van der Waals surface area contributed by atoms with Crippen molar-refractivity contribution in [1.29, 1.82) is 0 Å². The minimum Gasteiger partial charge on any atom is -0.481 e. The van der Waals surface area contributed by atoms with Gasteiger partial charge in [0.1, 0.15) is 0 Å². The van der Waals surface area contributed by atoms with Crippen molar-refractivity contribution in [3.05, 3.63) is 48.0 Å². The molecular weight excluding hydrogens is 702 g/mol. The first-order valence-electron chi connectivity index (χ1n) is 18.7. The van der Waals surface area contributed by atoms with E-state index in [1.54, 1.807) is 24.3 Å². The number of alkyl halides is 3. The van der Waals surface area contributed by atoms with Crippen LogP contribution in [-0.4, -0.2) is 58.3 Å². The number of unbranched alkanes of at least 4 members (excludes halogenated alkanes) is 13. The van der Waals surface area contributed by atoms with E-state index < -0.39 is 55.5 Å². The summed E-state index contributed by atoms with van der Waals surface area (Å²) in [6.45, 7) is 2.59. The molecule has 0 radical (unpaired) electrons. The Morgan fingerprint density at radius 1 is 0.765 bits per heavy atom. The smallest absolute Gasteiger partial charge is 0.389 e. The minimum atomic E-state index is -4.13. The van der Waals surface area contributed by atoms with Gasteiger partial charge in [0.05, 0.1) is 27.1 Å². The van der Waals surface area contributed by atoms with Crippen molar-refractivity contribution in [3.63, 3.8) is 0 Å². The first-order chi connectivity index (χ1) is 24.1. The maximum absolute atomic E-state index is 14.2. The number of hydrogen-bond acceptors (Lipinski definition) is 6. The summed E-state index contributed by atoms with van der Waals surface area (Å²) in [5, 5.41) is 9.07. The molecule has 0 saturated heterocycles. The van der Waals surface area contributed by atoms with Crippen LogP contribution in [0.3, 0.4) is 0 Å². The Kier molecular flexibility index (Phi) is 17.4. The molecule has 3 atom stereocenters. The normalized spacial score (nSPS) is 18.3. The number of aliphatic carboxylic acids is 1. The molecule has 1 aliphatic rings. The number of halogens is 3. The fourth-order valence-electron chi connectivity index (χ4n) is 6.95. The molecule has 0 aliphatic heterocycles. The minimum absolute atomic E-state index is 0.0255. The first kappa shape index (κ1) is 43.0. The Labute approximate surface area is 303 Å². The molecule has 12 heteroatoms. The summed E-state index contributed by atoms with van der Waals surface area (Å²) in [6, 6.07) is 11.5. The summed E-state index contributed by atoms with van der Waals surface area (Å²) in [5.74, 6) is -1.97. The van der Waals surface area contributed by atoms with E-state index >= 15 is 0 Å². The first-order valence-corrected chi connectivity index (χ1v) is 22.2. The SMILES string of the molecule is CCCCCCCCCCO[C@H]1C[C@@H](S(=O)(=O)c2ccc(-c3ccc(S(C)(=O)=O)cc3)cc2CCCCCCCCCC(F)(F)F)C[C@@H]1C(=O)O. The van der Waals surface area contributed by atoms with Crippen molar-refractivity contribution < 1.29 is 44.6 Å². The van der Waals surface area contributed by atoms with Crippen molar-refractivity contribution in [2.45, 2.75) is 156 Å². The standard InChI is InChI=1S/C39H57F3O7S2/c1-3-4-5-6-7-11-14-17-26-49-36-29-34(28-35(36)38(43)44)51(47,48)37-24-21-31(30-19-22-33(23-20-30)50(2,45)46)27-32(37)18-15-12-9-8-10-13-16-25-39(40,41)42/h19-24,27,34-36H,3-18,25-26,28-29H2,1-2H3,(H,43,44)/t34-,35-,36-/m0/s1. The molecule has 0 unspecified atom stereocenters. The zero-order valence-electron chi connectivity index (χ0n) is 30.3. The Morgan fingerprint density at radius 2 is 1.31 bits per heavy atom. The lowest BCUT2D eigenvalue weighted by Crippen LogP contribution is -2.25. The van der Waals surface area contributed by atoms with Crippen LogP contribution in [0.15, 0.2) is 52.3 Å². The molecular formula is C39H57F3O7S2. The van der Waals surface area contributed by atoms with Gasteiger partial charge in [0.25, 0.3) is 0 Å². The average molecular weight is 759 g/mol. The molecule has 0 spiro atoms. The van der Waals surface area contributed by atoms with Crippen LogP contribution in [-0.2, 0) is 35.6 Å². The molecule has 0 aromatic heterocycles. The zero-order valence-corrected chi connectivity index (χ0v) is 31.9. The van der Waals surface area contributed by atoms with Crippen LogP contribution in [0.5, 0.6) is 0 Å². The summed E-state index contributed by atoms with van der Waals surface area (Å²) >= 11 is 0. The van der Waals surface area contributed by atoms with Crippen LogP contribution in [0, 0.1) is 5.92 Å². The highest BCUT2D eigenvalue weighted by Gasteiger charge is 2.46. The predicted octanol–water partition coefficient (Wildman–Crippen LogP) is 10.1. The van der Waals surface area contributed by atoms with Crippen molar-refractivity contribution >= 4 is 25.6 Å². The highest BCUT2D eigenvalue weighted by molar-refractivity contribution is 7.92. The number of rotatable bonds is 24. The Morgan fingerprint density at radius 3 is 1.88 bits per heavy atom. The fourth-order valence-corrected chi connectivity index (χ4v) is 9.63. The molecule has 7 nitrogen and oxygen atoms in total. The van der Waals surface area contributed by atoms with E-state index in [0.29, 0.717) is 37.9 Å². The maximum atomic E-state index is 14.2.